The van der Waals surface area contributed by atoms with Gasteiger partial charge in [-0.15, -0.1) is 0 Å². The fourth-order valence-corrected chi connectivity index (χ4v) is 3.39. The first kappa shape index (κ1) is 18.6. The predicted molar refractivity (Wildman–Crippen MR) is 97.4 cm³/mol. The summed E-state index contributed by atoms with van der Waals surface area (Å²) >= 11 is 3.30. The SMILES string of the molecule is Cc1ccc(CNC(=O)c2cc(S(=O)(=O)N(C)C)ccc2Br)cc1. The zero-order valence-electron chi connectivity index (χ0n) is 13.7. The number of carbonyl (C=O) groups is 1. The average Bonchev–Trinajstić information content (AvgIpc) is 2.54. The molecule has 0 atom stereocenters. The lowest BCUT2D eigenvalue weighted by Crippen LogP contribution is -2.25. The van der Waals surface area contributed by atoms with E-state index in [0.717, 1.165) is 15.4 Å². The summed E-state index contributed by atoms with van der Waals surface area (Å²) in [5, 5.41) is 2.81. The molecule has 0 aliphatic heterocycles. The molecule has 1 N–H and O–H groups in total. The number of amides is 1. The largest absolute Gasteiger partial charge is 0.348 e. The van der Waals surface area contributed by atoms with E-state index >= 15 is 0 Å². The highest BCUT2D eigenvalue weighted by molar-refractivity contribution is 9.10. The number of aryl methyl sites for hydroxylation is 1. The van der Waals surface area contributed by atoms with Crippen molar-refractivity contribution in [2.45, 2.75) is 18.4 Å². The van der Waals surface area contributed by atoms with Gasteiger partial charge >= 0.3 is 0 Å². The molecule has 5 nitrogen and oxygen atoms in total. The highest BCUT2D eigenvalue weighted by atomic mass is 79.9. The molecule has 7 heteroatoms. The van der Waals surface area contributed by atoms with Gasteiger partial charge in [0, 0.05) is 25.1 Å². The van der Waals surface area contributed by atoms with Crippen LogP contribution >= 0.6 is 15.9 Å². The number of nitrogens with one attached hydrogen (secondary N) is 1. The van der Waals surface area contributed by atoms with E-state index in [1.165, 1.54) is 26.2 Å². The van der Waals surface area contributed by atoms with Crippen LogP contribution in [0.25, 0.3) is 0 Å². The van der Waals surface area contributed by atoms with Crippen LogP contribution in [0, 0.1) is 6.92 Å². The van der Waals surface area contributed by atoms with Crippen molar-refractivity contribution in [3.8, 4) is 0 Å². The summed E-state index contributed by atoms with van der Waals surface area (Å²) in [5.74, 6) is -0.335. The number of carbonyl (C=O) groups excluding carboxylic acids is 1. The predicted octanol–water partition coefficient (Wildman–Crippen LogP) is 2.94. The second-order valence-corrected chi connectivity index (χ2v) is 8.60. The van der Waals surface area contributed by atoms with Crippen LogP contribution in [-0.4, -0.2) is 32.7 Å². The Hall–Kier alpha value is -1.70. The van der Waals surface area contributed by atoms with Crippen molar-refractivity contribution in [3.05, 3.63) is 63.6 Å². The molecule has 0 unspecified atom stereocenters. The van der Waals surface area contributed by atoms with Crippen LogP contribution in [-0.2, 0) is 16.6 Å². The van der Waals surface area contributed by atoms with E-state index in [-0.39, 0.29) is 16.4 Å². The Kier molecular flexibility index (Phi) is 5.79. The first-order valence-electron chi connectivity index (χ1n) is 7.27. The minimum Gasteiger partial charge on any atom is -0.348 e. The van der Waals surface area contributed by atoms with E-state index in [2.05, 4.69) is 21.2 Å². The highest BCUT2D eigenvalue weighted by Gasteiger charge is 2.20. The first-order valence-corrected chi connectivity index (χ1v) is 9.51. The molecule has 0 fully saturated rings. The Bertz CT molecular complexity index is 847. The Morgan fingerprint density at radius 2 is 1.75 bits per heavy atom. The molecule has 0 heterocycles. The molecule has 0 aliphatic carbocycles. The molecular formula is C17H19BrN2O3S. The highest BCUT2D eigenvalue weighted by Crippen LogP contribution is 2.22. The topological polar surface area (TPSA) is 66.5 Å². The monoisotopic (exact) mass is 410 g/mol. The summed E-state index contributed by atoms with van der Waals surface area (Å²) in [6.45, 7) is 2.37. The third-order valence-corrected chi connectivity index (χ3v) is 6.04. The smallest absolute Gasteiger partial charge is 0.252 e. The number of hydrogen-bond acceptors (Lipinski definition) is 3. The van der Waals surface area contributed by atoms with Crippen LogP contribution in [0.15, 0.2) is 51.8 Å². The standard InChI is InChI=1S/C17H19BrN2O3S/c1-12-4-6-13(7-5-12)11-19-17(21)15-10-14(8-9-16(15)18)24(22,23)20(2)3/h4-10H,11H2,1-3H3,(H,19,21). The summed E-state index contributed by atoms with van der Waals surface area (Å²) in [7, 11) is -0.683. The van der Waals surface area contributed by atoms with Gasteiger partial charge < -0.3 is 5.32 Å². The maximum Gasteiger partial charge on any atom is 0.252 e. The number of nitrogens with zero attached hydrogens (tertiary/aromatic N) is 1. The van der Waals surface area contributed by atoms with Crippen LogP contribution in [0.1, 0.15) is 21.5 Å². The van der Waals surface area contributed by atoms with E-state index in [1.54, 1.807) is 6.07 Å². The number of sulfonamides is 1. The molecule has 0 saturated carbocycles. The van der Waals surface area contributed by atoms with Crippen molar-refractivity contribution in [1.82, 2.24) is 9.62 Å². The van der Waals surface area contributed by atoms with Crippen LogP contribution in [0.3, 0.4) is 0 Å². The van der Waals surface area contributed by atoms with Gasteiger partial charge in [-0.05, 0) is 46.6 Å². The zero-order valence-corrected chi connectivity index (χ0v) is 16.1. The minimum atomic E-state index is -3.59. The maximum atomic E-state index is 12.4. The van der Waals surface area contributed by atoms with Gasteiger partial charge in [0.25, 0.3) is 5.91 Å². The van der Waals surface area contributed by atoms with E-state index in [9.17, 15) is 13.2 Å². The number of benzene rings is 2. The van der Waals surface area contributed by atoms with Gasteiger partial charge in [0.05, 0.1) is 10.5 Å². The zero-order chi connectivity index (χ0) is 17.9. The lowest BCUT2D eigenvalue weighted by Gasteiger charge is -2.13. The molecule has 128 valence electrons. The number of rotatable bonds is 5. The maximum absolute atomic E-state index is 12.4. The Morgan fingerprint density at radius 3 is 2.33 bits per heavy atom. The summed E-state index contributed by atoms with van der Waals surface area (Å²) < 4.78 is 26.1. The molecule has 0 radical (unpaired) electrons. The van der Waals surface area contributed by atoms with Crippen LogP contribution < -0.4 is 5.32 Å². The van der Waals surface area contributed by atoms with Crippen molar-refractivity contribution in [1.29, 1.82) is 0 Å². The van der Waals surface area contributed by atoms with E-state index in [0.29, 0.717) is 11.0 Å². The normalized spacial score (nSPS) is 11.5. The molecular weight excluding hydrogens is 392 g/mol. The summed E-state index contributed by atoms with van der Waals surface area (Å²) in [6.07, 6.45) is 0. The van der Waals surface area contributed by atoms with Crippen molar-refractivity contribution >= 4 is 31.9 Å². The lowest BCUT2D eigenvalue weighted by atomic mass is 10.1. The lowest BCUT2D eigenvalue weighted by molar-refractivity contribution is 0.0950. The number of halogens is 1. The Labute approximate surface area is 150 Å². The van der Waals surface area contributed by atoms with Gasteiger partial charge in [0.15, 0.2) is 0 Å². The Morgan fingerprint density at radius 1 is 1.12 bits per heavy atom. The van der Waals surface area contributed by atoms with Gasteiger partial charge in [-0.3, -0.25) is 4.79 Å². The van der Waals surface area contributed by atoms with Crippen molar-refractivity contribution in [3.63, 3.8) is 0 Å². The van der Waals surface area contributed by atoms with E-state index in [1.807, 2.05) is 31.2 Å². The molecule has 0 bridgehead atoms. The second-order valence-electron chi connectivity index (χ2n) is 5.60. The van der Waals surface area contributed by atoms with Gasteiger partial charge in [-0.25, -0.2) is 12.7 Å². The quantitative estimate of drug-likeness (QED) is 0.823. The molecule has 0 spiro atoms. The summed E-state index contributed by atoms with van der Waals surface area (Å²) in [6, 6.07) is 12.2. The van der Waals surface area contributed by atoms with Crippen LogP contribution in [0.2, 0.25) is 0 Å². The van der Waals surface area contributed by atoms with E-state index < -0.39 is 10.0 Å². The van der Waals surface area contributed by atoms with E-state index in [4.69, 9.17) is 0 Å². The van der Waals surface area contributed by atoms with Crippen LogP contribution in [0.4, 0.5) is 0 Å². The van der Waals surface area contributed by atoms with Gasteiger partial charge in [0.2, 0.25) is 10.0 Å². The van der Waals surface area contributed by atoms with Crippen molar-refractivity contribution < 1.29 is 13.2 Å². The molecule has 1 amide bonds. The summed E-state index contributed by atoms with van der Waals surface area (Å²) in [5.41, 5.74) is 2.40. The minimum absolute atomic E-state index is 0.0798. The third kappa shape index (κ3) is 4.23. The van der Waals surface area contributed by atoms with Gasteiger partial charge in [0.1, 0.15) is 0 Å². The molecule has 2 aromatic carbocycles. The second kappa shape index (κ2) is 7.46. The first-order chi connectivity index (χ1) is 11.2. The van der Waals surface area contributed by atoms with Crippen molar-refractivity contribution in [2.24, 2.45) is 0 Å². The molecule has 2 rings (SSSR count). The number of hydrogen-bond donors (Lipinski definition) is 1. The van der Waals surface area contributed by atoms with Gasteiger partial charge in [-0.2, -0.15) is 0 Å². The molecule has 0 saturated heterocycles. The fraction of sp³-hybridized carbons (Fsp3) is 0.235. The van der Waals surface area contributed by atoms with Gasteiger partial charge in [-0.1, -0.05) is 29.8 Å². The third-order valence-electron chi connectivity index (χ3n) is 3.53. The molecule has 0 aromatic heterocycles. The Balaban J connectivity index is 2.21. The average molecular weight is 411 g/mol. The molecule has 0 aliphatic rings. The summed E-state index contributed by atoms with van der Waals surface area (Å²) in [4.78, 5) is 12.5. The molecule has 2 aromatic rings. The fourth-order valence-electron chi connectivity index (χ4n) is 2.03. The van der Waals surface area contributed by atoms with Crippen molar-refractivity contribution in [2.75, 3.05) is 14.1 Å². The van der Waals surface area contributed by atoms with Crippen LogP contribution in [0.5, 0.6) is 0 Å². The molecule has 24 heavy (non-hydrogen) atoms.